The molecule has 1 aromatic carbocycles. The molecule has 1 heterocycles. The van der Waals surface area contributed by atoms with Crippen LogP contribution in [0.2, 0.25) is 0 Å². The number of hydrogen-bond donors (Lipinski definition) is 0. The maximum absolute atomic E-state index is 9.11. The number of rotatable bonds is 3. The number of hydrogen-bond acceptors (Lipinski definition) is 2. The fraction of sp³-hybridized carbons (Fsp3) is 0.500. The quantitative estimate of drug-likeness (QED) is 0.799. The minimum Gasteiger partial charge on any atom is -0.325 e. The molecular weight excluding hydrogens is 270 g/mol. The van der Waals surface area contributed by atoms with Gasteiger partial charge in [0, 0.05) is 18.3 Å². The minimum absolute atomic E-state index is 0.493. The predicted octanol–water partition coefficient (Wildman–Crippen LogP) is 4.05. The Kier molecular flexibility index (Phi) is 3.67. The highest BCUT2D eigenvalue weighted by molar-refractivity contribution is 6.17. The summed E-state index contributed by atoms with van der Waals surface area (Å²) >= 11 is 5.93. The number of fused-ring (bicyclic) bond motifs is 1. The fourth-order valence-electron chi connectivity index (χ4n) is 3.35. The molecule has 3 rings (SSSR count). The zero-order chi connectivity index (χ0) is 14.1. The van der Waals surface area contributed by atoms with Gasteiger partial charge in [-0.2, -0.15) is 5.26 Å². The van der Waals surface area contributed by atoms with Gasteiger partial charge in [0.15, 0.2) is 0 Å². The SMILES string of the molecule is CC1CCCC1n1c(CCCl)nc2ccc(C#N)cc21. The summed E-state index contributed by atoms with van der Waals surface area (Å²) in [6, 6.07) is 8.46. The van der Waals surface area contributed by atoms with E-state index in [0.717, 1.165) is 23.3 Å². The number of aromatic nitrogens is 2. The van der Waals surface area contributed by atoms with Gasteiger partial charge >= 0.3 is 0 Å². The van der Waals surface area contributed by atoms with E-state index in [9.17, 15) is 0 Å². The first-order chi connectivity index (χ1) is 9.74. The van der Waals surface area contributed by atoms with Crippen LogP contribution in [0.15, 0.2) is 18.2 Å². The van der Waals surface area contributed by atoms with Crippen molar-refractivity contribution in [2.75, 3.05) is 5.88 Å². The Morgan fingerprint density at radius 1 is 1.45 bits per heavy atom. The first-order valence-electron chi connectivity index (χ1n) is 7.21. The summed E-state index contributed by atoms with van der Waals surface area (Å²) in [5, 5.41) is 9.11. The van der Waals surface area contributed by atoms with Crippen molar-refractivity contribution in [1.82, 2.24) is 9.55 Å². The lowest BCUT2D eigenvalue weighted by atomic mass is 10.1. The highest BCUT2D eigenvalue weighted by atomic mass is 35.5. The van der Waals surface area contributed by atoms with Crippen LogP contribution in [0, 0.1) is 17.2 Å². The Morgan fingerprint density at radius 3 is 2.95 bits per heavy atom. The third kappa shape index (κ3) is 2.19. The van der Waals surface area contributed by atoms with E-state index in [1.807, 2.05) is 18.2 Å². The molecule has 0 saturated heterocycles. The van der Waals surface area contributed by atoms with Crippen molar-refractivity contribution in [2.24, 2.45) is 5.92 Å². The smallest absolute Gasteiger partial charge is 0.111 e. The molecule has 1 aliphatic rings. The maximum Gasteiger partial charge on any atom is 0.111 e. The van der Waals surface area contributed by atoms with Crippen molar-refractivity contribution in [3.63, 3.8) is 0 Å². The van der Waals surface area contributed by atoms with Gasteiger partial charge in [-0.05, 0) is 37.0 Å². The lowest BCUT2D eigenvalue weighted by molar-refractivity contribution is 0.406. The molecule has 1 aliphatic carbocycles. The van der Waals surface area contributed by atoms with Crippen LogP contribution in [0.4, 0.5) is 0 Å². The number of imidazole rings is 1. The predicted molar refractivity (Wildman–Crippen MR) is 80.9 cm³/mol. The molecular formula is C16H18ClN3. The topological polar surface area (TPSA) is 41.6 Å². The normalized spacial score (nSPS) is 22.2. The first kappa shape index (κ1) is 13.5. The molecule has 0 amide bonds. The van der Waals surface area contributed by atoms with Gasteiger partial charge in [0.1, 0.15) is 5.82 Å². The van der Waals surface area contributed by atoms with Crippen molar-refractivity contribution < 1.29 is 0 Å². The Labute approximate surface area is 124 Å². The molecule has 104 valence electrons. The number of alkyl halides is 1. The van der Waals surface area contributed by atoms with Crippen LogP contribution in [-0.4, -0.2) is 15.4 Å². The molecule has 2 aromatic rings. The van der Waals surface area contributed by atoms with Crippen molar-refractivity contribution in [2.45, 2.75) is 38.6 Å². The number of nitrogens with zero attached hydrogens (tertiary/aromatic N) is 3. The molecule has 0 radical (unpaired) electrons. The second-order valence-corrected chi connectivity index (χ2v) is 6.01. The van der Waals surface area contributed by atoms with E-state index in [2.05, 4.69) is 17.6 Å². The van der Waals surface area contributed by atoms with E-state index in [0.29, 0.717) is 23.4 Å². The van der Waals surface area contributed by atoms with Crippen LogP contribution in [0.5, 0.6) is 0 Å². The van der Waals surface area contributed by atoms with Crippen molar-refractivity contribution in [1.29, 1.82) is 5.26 Å². The minimum atomic E-state index is 0.493. The summed E-state index contributed by atoms with van der Waals surface area (Å²) in [5.74, 6) is 2.30. The molecule has 1 fully saturated rings. The summed E-state index contributed by atoms with van der Waals surface area (Å²) in [5.41, 5.74) is 2.76. The average molecular weight is 288 g/mol. The van der Waals surface area contributed by atoms with Gasteiger partial charge < -0.3 is 4.57 Å². The van der Waals surface area contributed by atoms with Gasteiger partial charge in [0.25, 0.3) is 0 Å². The van der Waals surface area contributed by atoms with Gasteiger partial charge in [-0.1, -0.05) is 13.3 Å². The first-order valence-corrected chi connectivity index (χ1v) is 7.75. The van der Waals surface area contributed by atoms with Gasteiger partial charge in [-0.3, -0.25) is 0 Å². The molecule has 0 N–H and O–H groups in total. The van der Waals surface area contributed by atoms with Crippen LogP contribution in [0.3, 0.4) is 0 Å². The highest BCUT2D eigenvalue weighted by Crippen LogP contribution is 2.38. The summed E-state index contributed by atoms with van der Waals surface area (Å²) in [6.07, 6.45) is 4.51. The van der Waals surface area contributed by atoms with E-state index < -0.39 is 0 Å². The van der Waals surface area contributed by atoms with E-state index in [4.69, 9.17) is 21.8 Å². The molecule has 0 spiro atoms. The molecule has 1 saturated carbocycles. The lowest BCUT2D eigenvalue weighted by Gasteiger charge is -2.21. The third-order valence-corrected chi connectivity index (χ3v) is 4.55. The standard InChI is InChI=1S/C16H18ClN3/c1-11-3-2-4-14(11)20-15-9-12(10-18)5-6-13(15)19-16(20)7-8-17/h5-6,9,11,14H,2-4,7-8H2,1H3. The molecule has 4 heteroatoms. The lowest BCUT2D eigenvalue weighted by Crippen LogP contribution is -2.15. The Bertz CT molecular complexity index is 668. The molecule has 2 unspecified atom stereocenters. The largest absolute Gasteiger partial charge is 0.325 e. The van der Waals surface area contributed by atoms with Crippen molar-refractivity contribution in [3.05, 3.63) is 29.6 Å². The Morgan fingerprint density at radius 2 is 2.30 bits per heavy atom. The molecule has 2 atom stereocenters. The van der Waals surface area contributed by atoms with E-state index in [1.54, 1.807) is 0 Å². The molecule has 3 nitrogen and oxygen atoms in total. The van der Waals surface area contributed by atoms with Crippen LogP contribution >= 0.6 is 11.6 Å². The van der Waals surface area contributed by atoms with Crippen LogP contribution < -0.4 is 0 Å². The summed E-state index contributed by atoms with van der Waals surface area (Å²) in [6.45, 7) is 2.31. The van der Waals surface area contributed by atoms with Crippen LogP contribution in [-0.2, 0) is 6.42 Å². The van der Waals surface area contributed by atoms with Gasteiger partial charge in [0.2, 0.25) is 0 Å². The summed E-state index contributed by atoms with van der Waals surface area (Å²) in [7, 11) is 0. The maximum atomic E-state index is 9.11. The Hall–Kier alpha value is -1.53. The Balaban J connectivity index is 2.19. The zero-order valence-corrected chi connectivity index (χ0v) is 12.4. The van der Waals surface area contributed by atoms with E-state index in [1.165, 1.54) is 19.3 Å². The second-order valence-electron chi connectivity index (χ2n) is 5.63. The van der Waals surface area contributed by atoms with Crippen LogP contribution in [0.1, 0.15) is 43.6 Å². The highest BCUT2D eigenvalue weighted by Gasteiger charge is 2.28. The summed E-state index contributed by atoms with van der Waals surface area (Å²) < 4.78 is 2.34. The average Bonchev–Trinajstić information content (AvgIpc) is 3.01. The monoisotopic (exact) mass is 287 g/mol. The summed E-state index contributed by atoms with van der Waals surface area (Å²) in [4.78, 5) is 4.73. The van der Waals surface area contributed by atoms with Gasteiger partial charge in [0.05, 0.1) is 22.7 Å². The molecule has 0 aliphatic heterocycles. The van der Waals surface area contributed by atoms with Crippen molar-refractivity contribution >= 4 is 22.6 Å². The zero-order valence-electron chi connectivity index (χ0n) is 11.6. The number of benzene rings is 1. The fourth-order valence-corrected chi connectivity index (χ4v) is 3.52. The third-order valence-electron chi connectivity index (χ3n) is 4.36. The van der Waals surface area contributed by atoms with E-state index in [-0.39, 0.29) is 0 Å². The molecule has 20 heavy (non-hydrogen) atoms. The van der Waals surface area contributed by atoms with E-state index >= 15 is 0 Å². The number of aryl methyl sites for hydroxylation is 1. The second kappa shape index (κ2) is 5.46. The molecule has 1 aromatic heterocycles. The van der Waals surface area contributed by atoms with Crippen LogP contribution in [0.25, 0.3) is 11.0 Å². The molecule has 0 bridgehead atoms. The van der Waals surface area contributed by atoms with Gasteiger partial charge in [-0.25, -0.2) is 4.98 Å². The number of nitriles is 1. The van der Waals surface area contributed by atoms with Crippen molar-refractivity contribution in [3.8, 4) is 6.07 Å². The number of halogens is 1. The van der Waals surface area contributed by atoms with Gasteiger partial charge in [-0.15, -0.1) is 11.6 Å².